The number of esters is 1. The van der Waals surface area contributed by atoms with E-state index in [0.717, 1.165) is 0 Å². The van der Waals surface area contributed by atoms with E-state index in [1.165, 1.54) is 11.9 Å². The second-order valence-corrected chi connectivity index (χ2v) is 3.03. The van der Waals surface area contributed by atoms with E-state index in [4.69, 9.17) is 4.74 Å². The minimum atomic E-state index is -0.546. The number of rotatable bonds is 5. The van der Waals surface area contributed by atoms with Gasteiger partial charge in [0.05, 0.1) is 5.29 Å². The molecule has 1 atom stereocenters. The van der Waals surface area contributed by atoms with E-state index in [2.05, 4.69) is 5.29 Å². The summed E-state index contributed by atoms with van der Waals surface area (Å²) in [4.78, 5) is 21.1. The molecular formula is C8H16N2O3. The molecule has 0 aliphatic rings. The van der Waals surface area contributed by atoms with E-state index in [9.17, 15) is 9.70 Å². The summed E-state index contributed by atoms with van der Waals surface area (Å²) in [7, 11) is 0. The maximum atomic E-state index is 10.7. The van der Waals surface area contributed by atoms with Crippen LogP contribution >= 0.6 is 0 Å². The predicted molar refractivity (Wildman–Crippen MR) is 48.6 cm³/mol. The van der Waals surface area contributed by atoms with Crippen molar-refractivity contribution in [1.82, 2.24) is 5.01 Å². The topological polar surface area (TPSA) is 59.0 Å². The van der Waals surface area contributed by atoms with Crippen molar-refractivity contribution < 1.29 is 9.53 Å². The number of hydrogen-bond donors (Lipinski definition) is 0. The molecule has 0 spiro atoms. The van der Waals surface area contributed by atoms with Crippen molar-refractivity contribution in [3.8, 4) is 0 Å². The third-order valence-corrected chi connectivity index (χ3v) is 1.57. The fourth-order valence-electron chi connectivity index (χ4n) is 0.995. The molecule has 13 heavy (non-hydrogen) atoms. The third kappa shape index (κ3) is 3.87. The third-order valence-electron chi connectivity index (χ3n) is 1.57. The van der Waals surface area contributed by atoms with Crippen LogP contribution < -0.4 is 0 Å². The van der Waals surface area contributed by atoms with Crippen molar-refractivity contribution >= 4 is 5.97 Å². The second-order valence-electron chi connectivity index (χ2n) is 3.03. The van der Waals surface area contributed by atoms with Crippen LogP contribution in [0, 0.1) is 4.91 Å². The molecule has 0 amide bonds. The molecule has 0 aromatic rings. The van der Waals surface area contributed by atoms with Crippen molar-refractivity contribution in [2.75, 3.05) is 0 Å². The largest absolute Gasteiger partial charge is 0.440 e. The lowest BCUT2D eigenvalue weighted by atomic mass is 10.3. The normalized spacial score (nSPS) is 12.4. The van der Waals surface area contributed by atoms with Crippen LogP contribution in [0.3, 0.4) is 0 Å². The Bertz CT molecular complexity index is 182. The highest BCUT2D eigenvalue weighted by atomic mass is 16.6. The van der Waals surface area contributed by atoms with Crippen molar-refractivity contribution in [1.29, 1.82) is 0 Å². The Labute approximate surface area is 78.0 Å². The van der Waals surface area contributed by atoms with Gasteiger partial charge in [-0.2, -0.15) is 0 Å². The van der Waals surface area contributed by atoms with Crippen LogP contribution in [-0.4, -0.2) is 23.2 Å². The Morgan fingerprint density at radius 2 is 2.08 bits per heavy atom. The number of carbonyl (C=O) groups excluding carboxylic acids is 1. The zero-order valence-electron chi connectivity index (χ0n) is 8.48. The van der Waals surface area contributed by atoms with E-state index >= 15 is 0 Å². The Morgan fingerprint density at radius 3 is 2.31 bits per heavy atom. The monoisotopic (exact) mass is 188 g/mol. The van der Waals surface area contributed by atoms with Crippen LogP contribution in [0.2, 0.25) is 0 Å². The Morgan fingerprint density at radius 1 is 1.54 bits per heavy atom. The summed E-state index contributed by atoms with van der Waals surface area (Å²) in [5.74, 6) is -0.402. The lowest BCUT2D eigenvalue weighted by Crippen LogP contribution is -2.38. The van der Waals surface area contributed by atoms with E-state index in [1.807, 2.05) is 20.8 Å². The number of ether oxygens (including phenoxy) is 1. The van der Waals surface area contributed by atoms with Crippen LogP contribution in [0.1, 0.15) is 34.1 Å². The van der Waals surface area contributed by atoms with Crippen molar-refractivity contribution in [2.24, 2.45) is 5.29 Å². The Kier molecular flexibility index (Phi) is 5.03. The molecule has 76 valence electrons. The molecule has 0 bridgehead atoms. The van der Waals surface area contributed by atoms with Gasteiger partial charge in [0.25, 0.3) is 0 Å². The predicted octanol–water partition coefficient (Wildman–Crippen LogP) is 1.68. The van der Waals surface area contributed by atoms with Crippen molar-refractivity contribution in [3.05, 3.63) is 4.91 Å². The zero-order chi connectivity index (χ0) is 10.4. The SMILES string of the molecule is CCC(OC(C)=O)N(N=O)C(C)C. The molecule has 0 aliphatic heterocycles. The maximum Gasteiger partial charge on any atom is 0.304 e. The average Bonchev–Trinajstić information content (AvgIpc) is 2.02. The quantitative estimate of drug-likeness (QED) is 0.285. The van der Waals surface area contributed by atoms with E-state index in [-0.39, 0.29) is 6.04 Å². The standard InChI is InChI=1S/C8H16N2O3/c1-5-8(13-7(4)11)10(9-12)6(2)3/h6,8H,5H2,1-4H3. The van der Waals surface area contributed by atoms with Gasteiger partial charge in [0, 0.05) is 19.4 Å². The van der Waals surface area contributed by atoms with Gasteiger partial charge >= 0.3 is 5.97 Å². The summed E-state index contributed by atoms with van der Waals surface area (Å²) in [6, 6.07) is -0.0678. The maximum absolute atomic E-state index is 10.7. The summed E-state index contributed by atoms with van der Waals surface area (Å²) < 4.78 is 4.91. The van der Waals surface area contributed by atoms with E-state index in [1.54, 1.807) is 0 Å². The average molecular weight is 188 g/mol. The highest BCUT2D eigenvalue weighted by Gasteiger charge is 2.21. The minimum absolute atomic E-state index is 0.0678. The van der Waals surface area contributed by atoms with Gasteiger partial charge in [-0.05, 0) is 13.8 Å². The van der Waals surface area contributed by atoms with E-state index < -0.39 is 12.2 Å². The Hall–Kier alpha value is -1.13. The number of nitroso groups, excluding NO2 is 1. The molecule has 0 aliphatic carbocycles. The molecule has 0 radical (unpaired) electrons. The first-order valence-corrected chi connectivity index (χ1v) is 4.31. The molecule has 5 heteroatoms. The lowest BCUT2D eigenvalue weighted by Gasteiger charge is -2.27. The molecule has 0 N–H and O–H groups in total. The number of nitrogens with zero attached hydrogens (tertiary/aromatic N) is 2. The number of carbonyl (C=O) groups is 1. The first-order valence-electron chi connectivity index (χ1n) is 4.31. The number of hydrogen-bond acceptors (Lipinski definition) is 4. The van der Waals surface area contributed by atoms with Crippen LogP contribution in [0.15, 0.2) is 5.29 Å². The van der Waals surface area contributed by atoms with Gasteiger partial charge in [-0.1, -0.05) is 6.92 Å². The molecule has 0 heterocycles. The van der Waals surface area contributed by atoms with Crippen LogP contribution in [0.25, 0.3) is 0 Å². The molecule has 1 unspecified atom stereocenters. The zero-order valence-corrected chi connectivity index (χ0v) is 8.48. The summed E-state index contributed by atoms with van der Waals surface area (Å²) in [6.45, 7) is 6.77. The van der Waals surface area contributed by atoms with Crippen LogP contribution in [0.4, 0.5) is 0 Å². The first kappa shape index (κ1) is 11.9. The molecule has 0 fully saturated rings. The van der Waals surface area contributed by atoms with Gasteiger partial charge < -0.3 is 4.74 Å². The van der Waals surface area contributed by atoms with Crippen molar-refractivity contribution in [2.45, 2.75) is 46.4 Å². The molecule has 5 nitrogen and oxygen atoms in total. The van der Waals surface area contributed by atoms with Gasteiger partial charge in [-0.25, -0.2) is 5.01 Å². The van der Waals surface area contributed by atoms with Gasteiger partial charge in [0.2, 0.25) is 0 Å². The summed E-state index contributed by atoms with van der Waals surface area (Å²) in [6.07, 6.45) is -0.00116. The second kappa shape index (κ2) is 5.50. The minimum Gasteiger partial charge on any atom is -0.440 e. The van der Waals surface area contributed by atoms with Crippen LogP contribution in [-0.2, 0) is 9.53 Å². The fraction of sp³-hybridized carbons (Fsp3) is 0.875. The smallest absolute Gasteiger partial charge is 0.304 e. The van der Waals surface area contributed by atoms with E-state index in [0.29, 0.717) is 6.42 Å². The molecule has 0 saturated heterocycles. The van der Waals surface area contributed by atoms with Gasteiger partial charge in [-0.15, -0.1) is 4.91 Å². The molecular weight excluding hydrogens is 172 g/mol. The summed E-state index contributed by atoms with van der Waals surface area (Å²) in [5, 5.41) is 4.06. The Balaban J connectivity index is 4.33. The lowest BCUT2D eigenvalue weighted by molar-refractivity contribution is -0.159. The molecule has 0 saturated carbocycles. The molecule has 0 aromatic heterocycles. The fourth-order valence-corrected chi connectivity index (χ4v) is 0.995. The highest BCUT2D eigenvalue weighted by Crippen LogP contribution is 2.10. The van der Waals surface area contributed by atoms with Crippen LogP contribution in [0.5, 0.6) is 0 Å². The molecule has 0 aromatic carbocycles. The highest BCUT2D eigenvalue weighted by molar-refractivity contribution is 5.66. The summed E-state index contributed by atoms with van der Waals surface area (Å²) >= 11 is 0. The van der Waals surface area contributed by atoms with Crippen molar-refractivity contribution in [3.63, 3.8) is 0 Å². The first-order chi connectivity index (χ1) is 6.02. The summed E-state index contributed by atoms with van der Waals surface area (Å²) in [5.41, 5.74) is 0. The van der Waals surface area contributed by atoms with Gasteiger partial charge in [0.15, 0.2) is 6.23 Å². The van der Waals surface area contributed by atoms with Gasteiger partial charge in [-0.3, -0.25) is 4.79 Å². The molecule has 0 rings (SSSR count). The van der Waals surface area contributed by atoms with Gasteiger partial charge in [0.1, 0.15) is 0 Å².